The van der Waals surface area contributed by atoms with Crippen molar-refractivity contribution < 1.29 is 13.9 Å². The number of rotatable bonds is 8. The topological polar surface area (TPSA) is 102 Å². The van der Waals surface area contributed by atoms with Gasteiger partial charge < -0.3 is 14.6 Å². The Labute approximate surface area is 255 Å². The second-order valence-corrected chi connectivity index (χ2v) is 12.3. The normalized spacial score (nSPS) is 18.8. The molecule has 10 heteroatoms. The largest absolute Gasteiger partial charge is 0.376 e. The van der Waals surface area contributed by atoms with Crippen molar-refractivity contribution >= 4 is 11.7 Å². The van der Waals surface area contributed by atoms with Crippen molar-refractivity contribution in [3.05, 3.63) is 93.4 Å². The Balaban J connectivity index is 1.24. The lowest BCUT2D eigenvalue weighted by atomic mass is 9.95. The highest BCUT2D eigenvalue weighted by Gasteiger charge is 2.29. The maximum atomic E-state index is 14.5. The highest BCUT2D eigenvalue weighted by molar-refractivity contribution is 6.04. The van der Waals surface area contributed by atoms with Crippen LogP contribution in [0.1, 0.15) is 71.7 Å². The summed E-state index contributed by atoms with van der Waals surface area (Å²) in [5, 5.41) is 11.3. The van der Waals surface area contributed by atoms with Gasteiger partial charge in [-0.15, -0.1) is 0 Å². The molecule has 0 unspecified atom stereocenters. The number of aryl methyl sites for hydroxylation is 1. The molecular weight excluding hydrogens is 559 g/mol. The molecule has 3 fully saturated rings. The van der Waals surface area contributed by atoms with Gasteiger partial charge in [-0.1, -0.05) is 6.07 Å². The maximum Gasteiger partial charge on any atom is 0.263 e. The minimum atomic E-state index is -0.489. The lowest BCUT2D eigenvalue weighted by Gasteiger charge is -2.31. The van der Waals surface area contributed by atoms with Crippen molar-refractivity contribution in [2.24, 2.45) is 0 Å². The first-order chi connectivity index (χ1) is 21.3. The summed E-state index contributed by atoms with van der Waals surface area (Å²) >= 11 is 0. The maximum absolute atomic E-state index is 14.5. The van der Waals surface area contributed by atoms with Crippen molar-refractivity contribution in [2.45, 2.75) is 64.1 Å². The van der Waals surface area contributed by atoms with E-state index in [0.29, 0.717) is 36.1 Å². The number of ether oxygens (including phenoxy) is 1. The van der Waals surface area contributed by atoms with Crippen LogP contribution in [0.15, 0.2) is 59.7 Å². The van der Waals surface area contributed by atoms with E-state index in [1.165, 1.54) is 12.1 Å². The molecule has 3 aliphatic rings. The van der Waals surface area contributed by atoms with E-state index in [-0.39, 0.29) is 29.1 Å². The highest BCUT2D eigenvalue weighted by atomic mass is 19.1. The molecule has 226 valence electrons. The van der Waals surface area contributed by atoms with Gasteiger partial charge in [0.05, 0.1) is 18.4 Å². The highest BCUT2D eigenvalue weighted by Crippen LogP contribution is 2.42. The Morgan fingerprint density at radius 3 is 2.68 bits per heavy atom. The first-order valence-corrected chi connectivity index (χ1v) is 15.3. The van der Waals surface area contributed by atoms with Crippen LogP contribution < -0.4 is 10.9 Å². The fraction of sp³-hybridized carbons (Fsp3) is 0.382. The second kappa shape index (κ2) is 11.7. The third kappa shape index (κ3) is 6.05. The van der Waals surface area contributed by atoms with Gasteiger partial charge in [0.25, 0.3) is 11.5 Å². The molecule has 1 N–H and O–H groups in total. The van der Waals surface area contributed by atoms with Crippen molar-refractivity contribution in [3.63, 3.8) is 0 Å². The van der Waals surface area contributed by atoms with Gasteiger partial charge in [0.2, 0.25) is 0 Å². The molecule has 1 saturated heterocycles. The predicted octanol–water partition coefficient (Wildman–Crippen LogP) is 5.50. The van der Waals surface area contributed by atoms with E-state index >= 15 is 0 Å². The van der Waals surface area contributed by atoms with Crippen molar-refractivity contribution in [1.29, 1.82) is 0 Å². The van der Waals surface area contributed by atoms with E-state index in [9.17, 15) is 14.0 Å². The molecule has 0 radical (unpaired) electrons. The Morgan fingerprint density at radius 2 is 1.93 bits per heavy atom. The van der Waals surface area contributed by atoms with E-state index < -0.39 is 5.91 Å². The van der Waals surface area contributed by atoms with Gasteiger partial charge in [-0.3, -0.25) is 14.5 Å². The monoisotopic (exact) mass is 594 g/mol. The summed E-state index contributed by atoms with van der Waals surface area (Å²) in [6, 6.07) is 12.1. The average molecular weight is 595 g/mol. The van der Waals surface area contributed by atoms with Crippen LogP contribution in [0, 0.1) is 12.7 Å². The molecule has 9 nitrogen and oxygen atoms in total. The number of carbonyl (C=O) groups is 1. The Kier molecular flexibility index (Phi) is 7.55. The number of anilines is 1. The molecule has 1 amide bonds. The van der Waals surface area contributed by atoms with E-state index in [2.05, 4.69) is 27.3 Å². The molecule has 0 spiro atoms. The molecule has 44 heavy (non-hydrogen) atoms. The van der Waals surface area contributed by atoms with E-state index in [1.807, 2.05) is 25.3 Å². The van der Waals surface area contributed by atoms with Gasteiger partial charge in [-0.05, 0) is 98.2 Å². The molecule has 1 atom stereocenters. The zero-order chi connectivity index (χ0) is 30.4. The summed E-state index contributed by atoms with van der Waals surface area (Å²) in [5.74, 6) is -0.223. The minimum absolute atomic E-state index is 0.105. The lowest BCUT2D eigenvalue weighted by molar-refractivity contribution is -0.0212. The SMILES string of the molecule is Cc1ccnnc1-c1cc(F)ccc1-c1cc(NC(=O)c2cc(CN3CCO[C@H](C)C3)cn(C3CC3)c2=O)nc(C2CC2)c1. The Morgan fingerprint density at radius 1 is 1.09 bits per heavy atom. The first kappa shape index (κ1) is 28.5. The fourth-order valence-corrected chi connectivity index (χ4v) is 5.99. The summed E-state index contributed by atoms with van der Waals surface area (Å²) < 4.78 is 21.9. The van der Waals surface area contributed by atoms with E-state index in [0.717, 1.165) is 66.7 Å². The van der Waals surface area contributed by atoms with E-state index in [4.69, 9.17) is 9.72 Å². The number of carbonyl (C=O) groups excluding carboxylic acids is 1. The molecule has 0 bridgehead atoms. The number of benzene rings is 1. The number of amides is 1. The summed E-state index contributed by atoms with van der Waals surface area (Å²) in [7, 11) is 0. The minimum Gasteiger partial charge on any atom is -0.376 e. The second-order valence-electron chi connectivity index (χ2n) is 12.3. The molecule has 3 aromatic heterocycles. The molecule has 1 aliphatic heterocycles. The van der Waals surface area contributed by atoms with Crippen LogP contribution in [0.4, 0.5) is 10.2 Å². The van der Waals surface area contributed by atoms with Gasteiger partial charge in [-0.2, -0.15) is 10.2 Å². The number of hydrogen-bond acceptors (Lipinski definition) is 7. The Hall–Kier alpha value is -4.28. The van der Waals surface area contributed by atoms with Crippen LogP contribution in [-0.4, -0.2) is 56.4 Å². The molecular formula is C34H35FN6O3. The third-order valence-corrected chi connectivity index (χ3v) is 8.57. The Bertz CT molecular complexity index is 1800. The van der Waals surface area contributed by atoms with Crippen molar-refractivity contribution in [3.8, 4) is 22.4 Å². The predicted molar refractivity (Wildman–Crippen MR) is 165 cm³/mol. The number of halogens is 1. The zero-order valence-electron chi connectivity index (χ0n) is 24.9. The van der Waals surface area contributed by atoms with Gasteiger partial charge in [0.15, 0.2) is 0 Å². The fourth-order valence-electron chi connectivity index (χ4n) is 5.99. The number of nitrogens with one attached hydrogen (secondary N) is 1. The number of pyridine rings is 2. The van der Waals surface area contributed by atoms with Gasteiger partial charge in [0, 0.05) is 55.2 Å². The number of hydrogen-bond donors (Lipinski definition) is 1. The lowest BCUT2D eigenvalue weighted by Crippen LogP contribution is -2.40. The smallest absolute Gasteiger partial charge is 0.263 e. The van der Waals surface area contributed by atoms with Crippen LogP contribution >= 0.6 is 0 Å². The molecule has 1 aromatic carbocycles. The molecule has 2 aliphatic carbocycles. The first-order valence-electron chi connectivity index (χ1n) is 15.3. The van der Waals surface area contributed by atoms with Gasteiger partial charge in [0.1, 0.15) is 17.2 Å². The van der Waals surface area contributed by atoms with Crippen LogP contribution in [-0.2, 0) is 11.3 Å². The van der Waals surface area contributed by atoms with Crippen molar-refractivity contribution in [2.75, 3.05) is 25.0 Å². The summed E-state index contributed by atoms with van der Waals surface area (Å²) in [6.45, 7) is 6.86. The number of morpholine rings is 1. The summed E-state index contributed by atoms with van der Waals surface area (Å²) in [6.07, 6.45) is 7.54. The molecule has 4 aromatic rings. The third-order valence-electron chi connectivity index (χ3n) is 8.57. The summed E-state index contributed by atoms with van der Waals surface area (Å²) in [5.41, 5.74) is 5.20. The number of nitrogens with zero attached hydrogens (tertiary/aromatic N) is 5. The van der Waals surface area contributed by atoms with Crippen LogP contribution in [0.25, 0.3) is 22.4 Å². The van der Waals surface area contributed by atoms with Gasteiger partial charge >= 0.3 is 0 Å². The molecule has 7 rings (SSSR count). The van der Waals surface area contributed by atoms with E-state index in [1.54, 1.807) is 29.0 Å². The van der Waals surface area contributed by atoms with Crippen LogP contribution in [0.5, 0.6) is 0 Å². The molecule has 4 heterocycles. The van der Waals surface area contributed by atoms with Crippen LogP contribution in [0.2, 0.25) is 0 Å². The molecule has 2 saturated carbocycles. The van der Waals surface area contributed by atoms with Crippen molar-refractivity contribution in [1.82, 2.24) is 24.6 Å². The number of aromatic nitrogens is 4. The average Bonchev–Trinajstić information content (AvgIpc) is 3.92. The quantitative estimate of drug-likeness (QED) is 0.287. The van der Waals surface area contributed by atoms with Crippen LogP contribution in [0.3, 0.4) is 0 Å². The summed E-state index contributed by atoms with van der Waals surface area (Å²) in [4.78, 5) is 34.4. The standard InChI is InChI=1S/C34H35FN6O3/c1-20-9-10-36-39-32(20)28-16-25(35)5-8-27(28)24-14-30(23-3-4-23)37-31(15-24)38-33(42)29-13-22(18-40-11-12-44-21(2)17-40)19-41(34(29)43)26-6-7-26/h5,8-10,13-16,19,21,23,26H,3-4,6-7,11-12,17-18H2,1-2H3,(H,37,38,42)/t21-/m1/s1. The van der Waals surface area contributed by atoms with Gasteiger partial charge in [-0.25, -0.2) is 9.37 Å². The zero-order valence-corrected chi connectivity index (χ0v) is 24.9.